The minimum Gasteiger partial charge on any atom is -0.496 e. The lowest BCUT2D eigenvalue weighted by molar-refractivity contribution is -0.0785. The van der Waals surface area contributed by atoms with Crippen LogP contribution in [0.5, 0.6) is 5.75 Å². The minimum atomic E-state index is 0. The van der Waals surface area contributed by atoms with Gasteiger partial charge in [-0.2, -0.15) is 0 Å². The maximum Gasteiger partial charge on any atom is 0.122 e. The number of halogens is 1. The number of hydrogen-bond acceptors (Lipinski definition) is 3. The molecular weight excluding hydrogens is 262 g/mol. The second-order valence-corrected chi connectivity index (χ2v) is 5.05. The molecule has 0 aromatic heterocycles. The summed E-state index contributed by atoms with van der Waals surface area (Å²) >= 11 is 0. The van der Waals surface area contributed by atoms with Crippen LogP contribution in [0.2, 0.25) is 0 Å². The van der Waals surface area contributed by atoms with E-state index in [1.165, 1.54) is 17.5 Å². The van der Waals surface area contributed by atoms with Crippen molar-refractivity contribution in [3.05, 3.63) is 29.3 Å². The fourth-order valence-corrected chi connectivity index (χ4v) is 3.39. The Hall–Kier alpha value is -0.770. The van der Waals surface area contributed by atoms with Gasteiger partial charge in [-0.3, -0.25) is 4.90 Å². The van der Waals surface area contributed by atoms with Gasteiger partial charge in [0.25, 0.3) is 0 Å². The predicted octanol–water partition coefficient (Wildman–Crippen LogP) is 2.83. The van der Waals surface area contributed by atoms with Crippen molar-refractivity contribution in [2.45, 2.75) is 31.9 Å². The third-order valence-electron chi connectivity index (χ3n) is 4.29. The van der Waals surface area contributed by atoms with Gasteiger partial charge in [0.05, 0.1) is 19.8 Å². The molecule has 1 aromatic carbocycles. The minimum absolute atomic E-state index is 0. The summed E-state index contributed by atoms with van der Waals surface area (Å²) in [6.45, 7) is 5.26. The standard InChI is InChI=1S/C15H21NO2.ClH/c1-3-16-9-10-18-15-12-5-4-6-14(17-2)11(12)7-8-13(15)16;/h4-6,13,15H,3,7-10H2,1-2H3;1H/t13-,15-;/m1./s1. The van der Waals surface area contributed by atoms with E-state index in [9.17, 15) is 0 Å². The van der Waals surface area contributed by atoms with Gasteiger partial charge in [-0.25, -0.2) is 0 Å². The molecule has 1 saturated heterocycles. The van der Waals surface area contributed by atoms with E-state index in [1.807, 2.05) is 0 Å². The van der Waals surface area contributed by atoms with Crippen molar-refractivity contribution in [2.24, 2.45) is 0 Å². The molecule has 2 aliphatic rings. The van der Waals surface area contributed by atoms with Crippen LogP contribution in [0.3, 0.4) is 0 Å². The van der Waals surface area contributed by atoms with Gasteiger partial charge in [-0.1, -0.05) is 19.1 Å². The fraction of sp³-hybridized carbons (Fsp3) is 0.600. The molecular formula is C15H22ClNO2. The van der Waals surface area contributed by atoms with E-state index in [4.69, 9.17) is 9.47 Å². The monoisotopic (exact) mass is 283 g/mol. The first kappa shape index (κ1) is 14.6. The number of benzene rings is 1. The first-order valence-corrected chi connectivity index (χ1v) is 6.86. The Labute approximate surface area is 121 Å². The molecule has 1 heterocycles. The molecule has 1 aliphatic carbocycles. The highest BCUT2D eigenvalue weighted by Gasteiger charge is 2.37. The largest absolute Gasteiger partial charge is 0.496 e. The summed E-state index contributed by atoms with van der Waals surface area (Å²) < 4.78 is 11.5. The highest BCUT2D eigenvalue weighted by molar-refractivity contribution is 5.85. The van der Waals surface area contributed by atoms with Crippen molar-refractivity contribution in [3.8, 4) is 5.75 Å². The molecule has 0 unspecified atom stereocenters. The summed E-state index contributed by atoms with van der Waals surface area (Å²) in [5.41, 5.74) is 2.68. The van der Waals surface area contributed by atoms with Gasteiger partial charge in [0.2, 0.25) is 0 Å². The Morgan fingerprint density at radius 1 is 1.42 bits per heavy atom. The number of methoxy groups -OCH3 is 1. The Kier molecular flexibility index (Phi) is 4.71. The summed E-state index contributed by atoms with van der Waals surface area (Å²) in [4.78, 5) is 2.55. The molecule has 0 saturated carbocycles. The average molecular weight is 284 g/mol. The van der Waals surface area contributed by atoms with E-state index in [1.54, 1.807) is 7.11 Å². The number of morpholine rings is 1. The summed E-state index contributed by atoms with van der Waals surface area (Å²) in [7, 11) is 1.75. The molecule has 106 valence electrons. The third kappa shape index (κ3) is 2.47. The van der Waals surface area contributed by atoms with Crippen LogP contribution < -0.4 is 4.74 Å². The van der Waals surface area contributed by atoms with Crippen LogP contribution in [0.25, 0.3) is 0 Å². The van der Waals surface area contributed by atoms with Gasteiger partial charge in [0.15, 0.2) is 0 Å². The maximum absolute atomic E-state index is 6.04. The quantitative estimate of drug-likeness (QED) is 0.833. The molecule has 1 fully saturated rings. The molecule has 19 heavy (non-hydrogen) atoms. The SMILES string of the molecule is CCN1CCO[C@@H]2c3cccc(OC)c3CC[C@H]21.Cl. The molecule has 3 rings (SSSR count). The second kappa shape index (κ2) is 6.12. The highest BCUT2D eigenvalue weighted by Crippen LogP contribution is 2.40. The van der Waals surface area contributed by atoms with Crippen molar-refractivity contribution >= 4 is 12.4 Å². The number of nitrogens with zero attached hydrogens (tertiary/aromatic N) is 1. The van der Waals surface area contributed by atoms with Gasteiger partial charge in [-0.15, -0.1) is 12.4 Å². The van der Waals surface area contributed by atoms with Crippen molar-refractivity contribution in [2.75, 3.05) is 26.8 Å². The van der Waals surface area contributed by atoms with E-state index in [0.29, 0.717) is 6.04 Å². The maximum atomic E-state index is 6.04. The van der Waals surface area contributed by atoms with Gasteiger partial charge < -0.3 is 9.47 Å². The molecule has 3 nitrogen and oxygen atoms in total. The molecule has 0 amide bonds. The molecule has 4 heteroatoms. The smallest absolute Gasteiger partial charge is 0.122 e. The summed E-state index contributed by atoms with van der Waals surface area (Å²) in [5, 5.41) is 0. The first-order valence-electron chi connectivity index (χ1n) is 6.86. The lowest BCUT2D eigenvalue weighted by Crippen LogP contribution is -2.48. The molecule has 1 aromatic rings. The summed E-state index contributed by atoms with van der Waals surface area (Å²) in [6.07, 6.45) is 2.50. The third-order valence-corrected chi connectivity index (χ3v) is 4.29. The van der Waals surface area contributed by atoms with Crippen LogP contribution >= 0.6 is 12.4 Å². The van der Waals surface area contributed by atoms with Crippen molar-refractivity contribution < 1.29 is 9.47 Å². The van der Waals surface area contributed by atoms with Crippen LogP contribution in [0.15, 0.2) is 18.2 Å². The summed E-state index contributed by atoms with van der Waals surface area (Å²) in [5.74, 6) is 1.02. The molecule has 1 aliphatic heterocycles. The van der Waals surface area contributed by atoms with E-state index in [-0.39, 0.29) is 18.5 Å². The van der Waals surface area contributed by atoms with E-state index < -0.39 is 0 Å². The zero-order chi connectivity index (χ0) is 12.5. The Balaban J connectivity index is 0.00000133. The zero-order valence-corrected chi connectivity index (χ0v) is 12.4. The van der Waals surface area contributed by atoms with Crippen molar-refractivity contribution in [1.82, 2.24) is 4.90 Å². The van der Waals surface area contributed by atoms with Gasteiger partial charge >= 0.3 is 0 Å². The predicted molar refractivity (Wildman–Crippen MR) is 78.3 cm³/mol. The highest BCUT2D eigenvalue weighted by atomic mass is 35.5. The number of rotatable bonds is 2. The van der Waals surface area contributed by atoms with Crippen LogP contribution in [0.4, 0.5) is 0 Å². The number of fused-ring (bicyclic) bond motifs is 3. The Morgan fingerprint density at radius 2 is 2.26 bits per heavy atom. The van der Waals surface area contributed by atoms with Crippen molar-refractivity contribution in [1.29, 1.82) is 0 Å². The van der Waals surface area contributed by atoms with Gasteiger partial charge in [-0.05, 0) is 31.0 Å². The van der Waals surface area contributed by atoms with Gasteiger partial charge in [0, 0.05) is 18.2 Å². The van der Waals surface area contributed by atoms with Crippen LogP contribution in [-0.4, -0.2) is 37.7 Å². The molecule has 0 bridgehead atoms. The fourth-order valence-electron chi connectivity index (χ4n) is 3.39. The van der Waals surface area contributed by atoms with E-state index in [0.717, 1.165) is 31.9 Å². The van der Waals surface area contributed by atoms with Crippen LogP contribution in [-0.2, 0) is 11.2 Å². The number of hydrogen-bond donors (Lipinski definition) is 0. The zero-order valence-electron chi connectivity index (χ0n) is 11.6. The lowest BCUT2D eigenvalue weighted by atomic mass is 9.83. The van der Waals surface area contributed by atoms with Gasteiger partial charge in [0.1, 0.15) is 5.75 Å². The number of ether oxygens (including phenoxy) is 2. The van der Waals surface area contributed by atoms with Crippen molar-refractivity contribution in [3.63, 3.8) is 0 Å². The lowest BCUT2D eigenvalue weighted by Gasteiger charge is -2.44. The normalized spacial score (nSPS) is 26.0. The van der Waals surface area contributed by atoms with E-state index in [2.05, 4.69) is 30.0 Å². The second-order valence-electron chi connectivity index (χ2n) is 5.05. The topological polar surface area (TPSA) is 21.7 Å². The molecule has 0 radical (unpaired) electrons. The van der Waals surface area contributed by atoms with Crippen LogP contribution in [0.1, 0.15) is 30.6 Å². The molecule has 0 N–H and O–H groups in total. The average Bonchev–Trinajstić information content (AvgIpc) is 2.45. The van der Waals surface area contributed by atoms with E-state index >= 15 is 0 Å². The number of likely N-dealkylation sites (N-methyl/N-ethyl adjacent to an activating group) is 1. The Bertz CT molecular complexity index is 438. The molecule has 2 atom stereocenters. The van der Waals surface area contributed by atoms with Crippen LogP contribution in [0, 0.1) is 0 Å². The summed E-state index contributed by atoms with van der Waals surface area (Å²) in [6, 6.07) is 6.88. The Morgan fingerprint density at radius 3 is 3.00 bits per heavy atom. The first-order chi connectivity index (χ1) is 8.85. The molecule has 0 spiro atoms.